The molecule has 92 valence electrons. The van der Waals surface area contributed by atoms with Gasteiger partial charge in [-0.15, -0.1) is 11.3 Å². The van der Waals surface area contributed by atoms with Gasteiger partial charge in [-0.05, 0) is 26.7 Å². The van der Waals surface area contributed by atoms with Crippen molar-refractivity contribution in [3.63, 3.8) is 0 Å². The highest BCUT2D eigenvalue weighted by Crippen LogP contribution is 2.35. The van der Waals surface area contributed by atoms with Crippen LogP contribution in [0.2, 0.25) is 0 Å². The maximum atomic E-state index is 6.04. The SMILES string of the molecule is CCC(CC)(OC)c1nc(C(C)(C)N)cs1. The van der Waals surface area contributed by atoms with Crippen LogP contribution >= 0.6 is 11.3 Å². The Morgan fingerprint density at radius 2 is 1.94 bits per heavy atom. The van der Waals surface area contributed by atoms with E-state index in [0.29, 0.717) is 0 Å². The zero-order chi connectivity index (χ0) is 12.4. The van der Waals surface area contributed by atoms with Crippen molar-refractivity contribution in [3.05, 3.63) is 16.1 Å². The van der Waals surface area contributed by atoms with Gasteiger partial charge >= 0.3 is 0 Å². The molecule has 0 aliphatic heterocycles. The van der Waals surface area contributed by atoms with Crippen molar-refractivity contribution in [2.24, 2.45) is 5.73 Å². The average Bonchev–Trinajstić information content (AvgIpc) is 2.71. The summed E-state index contributed by atoms with van der Waals surface area (Å²) < 4.78 is 5.66. The van der Waals surface area contributed by atoms with Gasteiger partial charge in [0.15, 0.2) is 0 Å². The molecule has 1 rings (SSSR count). The van der Waals surface area contributed by atoms with E-state index in [2.05, 4.69) is 18.8 Å². The van der Waals surface area contributed by atoms with Gasteiger partial charge in [0.2, 0.25) is 0 Å². The molecular weight excluding hydrogens is 220 g/mol. The molecule has 0 saturated heterocycles. The Bertz CT molecular complexity index is 329. The summed E-state index contributed by atoms with van der Waals surface area (Å²) in [6.45, 7) is 8.19. The second-order valence-electron chi connectivity index (χ2n) is 4.67. The van der Waals surface area contributed by atoms with Gasteiger partial charge in [0, 0.05) is 12.5 Å². The third-order valence-corrected chi connectivity index (χ3v) is 4.11. The summed E-state index contributed by atoms with van der Waals surface area (Å²) in [5.41, 5.74) is 6.36. The number of nitrogens with zero attached hydrogens (tertiary/aromatic N) is 1. The molecule has 0 saturated carbocycles. The summed E-state index contributed by atoms with van der Waals surface area (Å²) in [5.74, 6) is 0. The van der Waals surface area contributed by atoms with Crippen molar-refractivity contribution in [1.82, 2.24) is 4.98 Å². The highest BCUT2D eigenvalue weighted by atomic mass is 32.1. The lowest BCUT2D eigenvalue weighted by atomic mass is 9.97. The fourth-order valence-electron chi connectivity index (χ4n) is 1.71. The van der Waals surface area contributed by atoms with Crippen molar-refractivity contribution in [2.45, 2.75) is 51.7 Å². The van der Waals surface area contributed by atoms with Crippen LogP contribution in [-0.2, 0) is 15.9 Å². The number of hydrogen-bond acceptors (Lipinski definition) is 4. The van der Waals surface area contributed by atoms with Crippen LogP contribution in [0.5, 0.6) is 0 Å². The number of aromatic nitrogens is 1. The summed E-state index contributed by atoms with van der Waals surface area (Å²) in [6, 6.07) is 0. The highest BCUT2D eigenvalue weighted by Gasteiger charge is 2.32. The van der Waals surface area contributed by atoms with Gasteiger partial charge < -0.3 is 10.5 Å². The minimum absolute atomic E-state index is 0.242. The molecule has 1 aromatic rings. The molecule has 0 unspecified atom stereocenters. The minimum atomic E-state index is -0.379. The van der Waals surface area contributed by atoms with Crippen LogP contribution in [0.4, 0.5) is 0 Å². The van der Waals surface area contributed by atoms with Gasteiger partial charge in [-0.25, -0.2) is 4.98 Å². The van der Waals surface area contributed by atoms with Crippen LogP contribution in [0.3, 0.4) is 0 Å². The molecule has 2 N–H and O–H groups in total. The molecule has 1 heterocycles. The summed E-state index contributed by atoms with van der Waals surface area (Å²) in [6.07, 6.45) is 1.86. The quantitative estimate of drug-likeness (QED) is 0.863. The van der Waals surface area contributed by atoms with Crippen molar-refractivity contribution in [3.8, 4) is 0 Å². The first-order valence-corrected chi connectivity index (χ1v) is 6.58. The van der Waals surface area contributed by atoms with E-state index in [0.717, 1.165) is 23.5 Å². The molecule has 0 fully saturated rings. The Morgan fingerprint density at radius 3 is 2.25 bits per heavy atom. The molecule has 16 heavy (non-hydrogen) atoms. The molecule has 0 radical (unpaired) electrons. The molecule has 0 amide bonds. The molecule has 3 nitrogen and oxygen atoms in total. The Morgan fingerprint density at radius 1 is 1.38 bits per heavy atom. The number of thiazole rings is 1. The third kappa shape index (κ3) is 2.44. The zero-order valence-electron chi connectivity index (χ0n) is 10.8. The second-order valence-corrected chi connectivity index (χ2v) is 5.52. The van der Waals surface area contributed by atoms with E-state index in [1.807, 2.05) is 19.2 Å². The molecule has 0 aliphatic rings. The molecule has 0 bridgehead atoms. The normalized spacial score (nSPS) is 13.1. The Hall–Kier alpha value is -0.450. The van der Waals surface area contributed by atoms with Gasteiger partial charge in [-0.1, -0.05) is 13.8 Å². The second kappa shape index (κ2) is 4.82. The van der Waals surface area contributed by atoms with Crippen LogP contribution < -0.4 is 5.73 Å². The lowest BCUT2D eigenvalue weighted by Gasteiger charge is -2.27. The van der Waals surface area contributed by atoms with Crippen molar-refractivity contribution in [1.29, 1.82) is 0 Å². The summed E-state index contributed by atoms with van der Waals surface area (Å²) >= 11 is 1.64. The van der Waals surface area contributed by atoms with E-state index >= 15 is 0 Å². The van der Waals surface area contributed by atoms with Crippen LogP contribution in [0.1, 0.15) is 51.2 Å². The van der Waals surface area contributed by atoms with Crippen LogP contribution in [-0.4, -0.2) is 12.1 Å². The molecule has 4 heteroatoms. The summed E-state index contributed by atoms with van der Waals surface area (Å²) in [7, 11) is 1.75. The number of nitrogens with two attached hydrogens (primary N) is 1. The van der Waals surface area contributed by atoms with E-state index in [1.165, 1.54) is 0 Å². The van der Waals surface area contributed by atoms with E-state index in [4.69, 9.17) is 10.5 Å². The van der Waals surface area contributed by atoms with Crippen molar-refractivity contribution < 1.29 is 4.74 Å². The van der Waals surface area contributed by atoms with Crippen molar-refractivity contribution in [2.75, 3.05) is 7.11 Å². The predicted molar refractivity (Wildman–Crippen MR) is 68.6 cm³/mol. The summed E-state index contributed by atoms with van der Waals surface area (Å²) in [4.78, 5) is 4.64. The van der Waals surface area contributed by atoms with Gasteiger partial charge in [0.05, 0.1) is 11.2 Å². The molecule has 0 atom stereocenters. The van der Waals surface area contributed by atoms with E-state index < -0.39 is 0 Å². The van der Waals surface area contributed by atoms with E-state index in [1.54, 1.807) is 18.4 Å². The lowest BCUT2D eigenvalue weighted by Crippen LogP contribution is -2.30. The number of methoxy groups -OCH3 is 1. The topological polar surface area (TPSA) is 48.1 Å². The number of ether oxygens (including phenoxy) is 1. The summed E-state index contributed by atoms with van der Waals surface area (Å²) in [5, 5.41) is 3.07. The van der Waals surface area contributed by atoms with Gasteiger partial charge in [0.25, 0.3) is 0 Å². The number of hydrogen-bond donors (Lipinski definition) is 1. The Kier molecular flexibility index (Phi) is 4.10. The van der Waals surface area contributed by atoms with E-state index in [-0.39, 0.29) is 11.1 Å². The third-order valence-electron chi connectivity index (χ3n) is 3.09. The molecule has 1 aromatic heterocycles. The van der Waals surface area contributed by atoms with Gasteiger partial charge in [0.1, 0.15) is 10.6 Å². The first kappa shape index (κ1) is 13.6. The maximum absolute atomic E-state index is 6.04. The van der Waals surface area contributed by atoms with Crippen LogP contribution in [0.25, 0.3) is 0 Å². The van der Waals surface area contributed by atoms with Crippen molar-refractivity contribution >= 4 is 11.3 Å². The lowest BCUT2D eigenvalue weighted by molar-refractivity contribution is -0.0220. The van der Waals surface area contributed by atoms with Gasteiger partial charge in [-0.3, -0.25) is 0 Å². The van der Waals surface area contributed by atoms with Gasteiger partial charge in [-0.2, -0.15) is 0 Å². The molecular formula is C12H22N2OS. The highest BCUT2D eigenvalue weighted by molar-refractivity contribution is 7.09. The number of rotatable bonds is 5. The fourth-order valence-corrected chi connectivity index (χ4v) is 3.02. The average molecular weight is 242 g/mol. The smallest absolute Gasteiger partial charge is 0.125 e. The first-order chi connectivity index (χ1) is 7.39. The Labute approximate surface area is 102 Å². The Balaban J connectivity index is 3.09. The molecule has 0 spiro atoms. The maximum Gasteiger partial charge on any atom is 0.125 e. The van der Waals surface area contributed by atoms with Crippen LogP contribution in [0, 0.1) is 0 Å². The largest absolute Gasteiger partial charge is 0.371 e. The fraction of sp³-hybridized carbons (Fsp3) is 0.750. The predicted octanol–water partition coefficient (Wildman–Crippen LogP) is 3.00. The van der Waals surface area contributed by atoms with Crippen LogP contribution in [0.15, 0.2) is 5.38 Å². The first-order valence-electron chi connectivity index (χ1n) is 5.70. The van der Waals surface area contributed by atoms with E-state index in [9.17, 15) is 0 Å². The monoisotopic (exact) mass is 242 g/mol. The molecule has 0 aromatic carbocycles. The standard InChI is InChI=1S/C12H22N2OS/c1-6-12(7-2,15-5)10-14-9(8-16-10)11(3,4)13/h8H,6-7,13H2,1-5H3. The zero-order valence-corrected chi connectivity index (χ0v) is 11.6. The molecule has 0 aliphatic carbocycles. The minimum Gasteiger partial charge on any atom is -0.371 e.